The Labute approximate surface area is 241 Å². The summed E-state index contributed by atoms with van der Waals surface area (Å²) in [5, 5.41) is 12.5. The van der Waals surface area contributed by atoms with Gasteiger partial charge in [-0.3, -0.25) is 14.9 Å². The predicted molar refractivity (Wildman–Crippen MR) is 144 cm³/mol. The van der Waals surface area contributed by atoms with Crippen LogP contribution in [0.3, 0.4) is 0 Å². The number of anilines is 1. The molecule has 0 fully saturated rings. The predicted octanol–water partition coefficient (Wildman–Crippen LogP) is 5.44. The molecule has 15 heteroatoms. The molecule has 2 amide bonds. The van der Waals surface area contributed by atoms with E-state index in [0.29, 0.717) is 0 Å². The summed E-state index contributed by atoms with van der Waals surface area (Å²) in [6.07, 6.45) is -4.23. The highest BCUT2D eigenvalue weighted by Gasteiger charge is 2.30. The second-order valence-corrected chi connectivity index (χ2v) is 9.18. The lowest BCUT2D eigenvalue weighted by atomic mass is 10.1. The number of likely N-dealkylation sites (N-methyl/N-ethyl adjacent to an activating group) is 1. The van der Waals surface area contributed by atoms with Crippen LogP contribution >= 0.6 is 23.2 Å². The van der Waals surface area contributed by atoms with Gasteiger partial charge in [-0.25, -0.2) is 9.80 Å². The first-order valence-electron chi connectivity index (χ1n) is 11.7. The fourth-order valence-corrected chi connectivity index (χ4v) is 4.07. The van der Waals surface area contributed by atoms with Gasteiger partial charge in [0.15, 0.2) is 11.8 Å². The fourth-order valence-electron chi connectivity index (χ4n) is 3.50. The first-order chi connectivity index (χ1) is 19.3. The van der Waals surface area contributed by atoms with Crippen LogP contribution < -0.4 is 21.0 Å². The molecule has 10 nitrogen and oxygen atoms in total. The minimum absolute atomic E-state index is 0.00249. The number of aromatic nitrogens is 1. The molecule has 0 spiro atoms. The number of alkyl halides is 3. The van der Waals surface area contributed by atoms with Crippen LogP contribution in [0.25, 0.3) is 0 Å². The van der Waals surface area contributed by atoms with Gasteiger partial charge in [-0.05, 0) is 42.8 Å². The van der Waals surface area contributed by atoms with Gasteiger partial charge in [0.1, 0.15) is 5.75 Å². The van der Waals surface area contributed by atoms with Gasteiger partial charge in [0.25, 0.3) is 11.5 Å². The SMILES string of the molecule is CCOC(=O)NC(=O)C(C#N)N(C)Nc1cc(Cl)c(Oc2ccc(=O)n(Cc3cccc(C(F)(F)F)c3)c2)c(Cl)c1. The molecule has 0 aliphatic rings. The molecule has 1 aromatic heterocycles. The number of nitrogens with one attached hydrogen (secondary N) is 2. The summed E-state index contributed by atoms with van der Waals surface area (Å²) in [7, 11) is 1.37. The van der Waals surface area contributed by atoms with Crippen molar-refractivity contribution in [1.29, 1.82) is 5.26 Å². The van der Waals surface area contributed by atoms with Crippen LogP contribution in [0.1, 0.15) is 18.1 Å². The highest BCUT2D eigenvalue weighted by molar-refractivity contribution is 6.37. The average Bonchev–Trinajstić information content (AvgIpc) is 2.88. The number of ether oxygens (including phenoxy) is 2. The number of alkyl carbamates (subject to hydrolysis) is 1. The van der Waals surface area contributed by atoms with Crippen LogP contribution in [-0.4, -0.2) is 41.3 Å². The van der Waals surface area contributed by atoms with E-state index in [2.05, 4.69) is 10.2 Å². The Hall–Kier alpha value is -4.25. The van der Waals surface area contributed by atoms with Crippen LogP contribution in [0, 0.1) is 11.3 Å². The monoisotopic (exact) mass is 611 g/mol. The molecular formula is C26H22Cl2F3N5O5. The van der Waals surface area contributed by atoms with E-state index in [1.165, 1.54) is 54.2 Å². The van der Waals surface area contributed by atoms with E-state index >= 15 is 0 Å². The normalized spacial score (nSPS) is 11.9. The smallest absolute Gasteiger partial charge is 0.416 e. The van der Waals surface area contributed by atoms with Crippen LogP contribution in [0.4, 0.5) is 23.7 Å². The van der Waals surface area contributed by atoms with E-state index in [-0.39, 0.29) is 45.9 Å². The molecule has 0 radical (unpaired) electrons. The van der Waals surface area contributed by atoms with E-state index in [4.69, 9.17) is 27.9 Å². The lowest BCUT2D eigenvalue weighted by Gasteiger charge is -2.23. The summed E-state index contributed by atoms with van der Waals surface area (Å²) in [4.78, 5) is 36.1. The second kappa shape index (κ2) is 13.4. The molecule has 41 heavy (non-hydrogen) atoms. The third kappa shape index (κ3) is 8.37. The number of nitrogens with zero attached hydrogens (tertiary/aromatic N) is 3. The maximum absolute atomic E-state index is 13.1. The minimum Gasteiger partial charge on any atom is -0.453 e. The Bertz CT molecular complexity index is 1520. The number of halogens is 5. The lowest BCUT2D eigenvalue weighted by Crippen LogP contribution is -2.48. The largest absolute Gasteiger partial charge is 0.453 e. The number of nitriles is 1. The third-order valence-electron chi connectivity index (χ3n) is 5.35. The molecule has 0 aliphatic heterocycles. The third-order valence-corrected chi connectivity index (χ3v) is 5.91. The number of carbonyl (C=O) groups is 2. The van der Waals surface area contributed by atoms with Crippen molar-refractivity contribution in [2.75, 3.05) is 19.1 Å². The average molecular weight is 612 g/mol. The zero-order valence-corrected chi connectivity index (χ0v) is 23.0. The van der Waals surface area contributed by atoms with Crippen molar-refractivity contribution >= 4 is 40.9 Å². The van der Waals surface area contributed by atoms with Crippen molar-refractivity contribution in [2.24, 2.45) is 0 Å². The molecule has 1 heterocycles. The molecule has 3 rings (SSSR count). The number of amides is 2. The zero-order valence-electron chi connectivity index (χ0n) is 21.5. The number of carbonyl (C=O) groups excluding carboxylic acids is 2. The van der Waals surface area contributed by atoms with Crippen molar-refractivity contribution < 1.29 is 32.2 Å². The highest BCUT2D eigenvalue weighted by atomic mass is 35.5. The molecule has 216 valence electrons. The Morgan fingerprint density at radius 1 is 1.15 bits per heavy atom. The summed E-state index contributed by atoms with van der Waals surface area (Å²) in [6, 6.07) is 10.2. The molecule has 1 atom stereocenters. The summed E-state index contributed by atoms with van der Waals surface area (Å²) in [5.41, 5.74) is 1.95. The molecule has 0 bridgehead atoms. The Morgan fingerprint density at radius 2 is 1.83 bits per heavy atom. The molecule has 2 N–H and O–H groups in total. The van der Waals surface area contributed by atoms with Gasteiger partial charge >= 0.3 is 12.3 Å². The number of benzene rings is 2. The maximum atomic E-state index is 13.1. The van der Waals surface area contributed by atoms with E-state index in [1.54, 1.807) is 13.0 Å². The number of imide groups is 1. The van der Waals surface area contributed by atoms with Gasteiger partial charge in [0, 0.05) is 13.1 Å². The quantitative estimate of drug-likeness (QED) is 0.306. The summed E-state index contributed by atoms with van der Waals surface area (Å²) < 4.78 is 50.8. The van der Waals surface area contributed by atoms with Gasteiger partial charge < -0.3 is 19.5 Å². The van der Waals surface area contributed by atoms with Gasteiger partial charge in [-0.15, -0.1) is 0 Å². The lowest BCUT2D eigenvalue weighted by molar-refractivity contribution is -0.137. The summed E-state index contributed by atoms with van der Waals surface area (Å²) in [6.45, 7) is 1.44. The Balaban J connectivity index is 1.76. The van der Waals surface area contributed by atoms with E-state index in [9.17, 15) is 32.8 Å². The van der Waals surface area contributed by atoms with Crippen molar-refractivity contribution in [1.82, 2.24) is 14.9 Å². The topological polar surface area (TPSA) is 126 Å². The number of hydrazine groups is 1. The first kappa shape index (κ1) is 31.3. The minimum atomic E-state index is -4.53. The van der Waals surface area contributed by atoms with Gasteiger partial charge in [0.05, 0.1) is 46.7 Å². The van der Waals surface area contributed by atoms with Crippen molar-refractivity contribution in [2.45, 2.75) is 25.7 Å². The van der Waals surface area contributed by atoms with Crippen molar-refractivity contribution in [3.05, 3.63) is 86.3 Å². The zero-order chi connectivity index (χ0) is 30.3. The molecule has 1 unspecified atom stereocenters. The number of pyridine rings is 1. The number of rotatable bonds is 9. The van der Waals surface area contributed by atoms with Crippen molar-refractivity contribution in [3.63, 3.8) is 0 Å². The standard InChI is InChI=1S/C26H22Cl2F3N5O5/c1-3-40-25(39)33-24(38)21(12-32)35(2)34-17-10-19(27)23(20(28)11-17)41-18-7-8-22(37)36(14-18)13-15-5-4-6-16(9-15)26(29,30)31/h4-11,14,21,34H,3,13H2,1-2H3,(H,33,38,39). The Morgan fingerprint density at radius 3 is 2.44 bits per heavy atom. The van der Waals surface area contributed by atoms with Gasteiger partial charge in [-0.2, -0.15) is 18.4 Å². The van der Waals surface area contributed by atoms with Crippen molar-refractivity contribution in [3.8, 4) is 17.6 Å². The van der Waals surface area contributed by atoms with Crippen LogP contribution in [0.15, 0.2) is 59.5 Å². The second-order valence-electron chi connectivity index (χ2n) is 8.36. The van der Waals surface area contributed by atoms with E-state index < -0.39 is 35.3 Å². The van der Waals surface area contributed by atoms with E-state index in [1.807, 2.05) is 5.32 Å². The molecule has 0 aliphatic carbocycles. The summed E-state index contributed by atoms with van der Waals surface area (Å²) in [5.74, 6) is -0.806. The molecule has 2 aromatic carbocycles. The molecule has 0 saturated heterocycles. The molecular weight excluding hydrogens is 590 g/mol. The van der Waals surface area contributed by atoms with Crippen LogP contribution in [0.2, 0.25) is 10.0 Å². The van der Waals surface area contributed by atoms with Gasteiger partial charge in [-0.1, -0.05) is 35.3 Å². The highest BCUT2D eigenvalue weighted by Crippen LogP contribution is 2.39. The number of hydrogen-bond donors (Lipinski definition) is 2. The number of hydrogen-bond acceptors (Lipinski definition) is 8. The first-order valence-corrected chi connectivity index (χ1v) is 12.5. The summed E-state index contributed by atoms with van der Waals surface area (Å²) >= 11 is 12.7. The van der Waals surface area contributed by atoms with Crippen LogP contribution in [-0.2, 0) is 22.3 Å². The fraction of sp³-hybridized carbons (Fsp3) is 0.231. The molecule has 0 saturated carbocycles. The Kier molecular flexibility index (Phi) is 10.2. The maximum Gasteiger partial charge on any atom is 0.416 e. The van der Waals surface area contributed by atoms with E-state index in [0.717, 1.165) is 17.1 Å². The van der Waals surface area contributed by atoms with Gasteiger partial charge in [0.2, 0.25) is 0 Å². The van der Waals surface area contributed by atoms with Crippen LogP contribution in [0.5, 0.6) is 11.5 Å². The molecule has 3 aromatic rings.